The number of hydrogen-bond donors (Lipinski definition) is 1. The third-order valence-electron chi connectivity index (χ3n) is 2.63. The molecule has 0 heterocycles. The van der Waals surface area contributed by atoms with Crippen LogP contribution in [0.1, 0.15) is 46.0 Å². The molecule has 0 saturated heterocycles. The molecule has 0 radical (unpaired) electrons. The number of nitrogens with one attached hydrogen (secondary N) is 1. The third kappa shape index (κ3) is 4.42. The zero-order valence-corrected chi connectivity index (χ0v) is 9.94. The molecule has 0 aromatic rings. The van der Waals surface area contributed by atoms with E-state index in [0.29, 0.717) is 6.42 Å². The SMILES string of the molecule is CCCS(=O)(=O)NC(CC)CC1CC1. The predicted molar refractivity (Wildman–Crippen MR) is 58.6 cm³/mol. The highest BCUT2D eigenvalue weighted by Gasteiger charge is 2.26. The van der Waals surface area contributed by atoms with Crippen LogP contribution < -0.4 is 4.72 Å². The molecule has 84 valence electrons. The Morgan fingerprint density at radius 1 is 1.36 bits per heavy atom. The second-order valence-corrected chi connectivity index (χ2v) is 6.09. The van der Waals surface area contributed by atoms with E-state index in [0.717, 1.165) is 18.8 Å². The molecule has 0 aromatic heterocycles. The summed E-state index contributed by atoms with van der Waals surface area (Å²) in [6.45, 7) is 3.93. The highest BCUT2D eigenvalue weighted by Crippen LogP contribution is 2.34. The van der Waals surface area contributed by atoms with E-state index < -0.39 is 10.0 Å². The Morgan fingerprint density at radius 3 is 2.43 bits per heavy atom. The standard InChI is InChI=1S/C10H21NO2S/c1-3-7-14(12,13)11-10(4-2)8-9-5-6-9/h9-11H,3-8H2,1-2H3. The quantitative estimate of drug-likeness (QED) is 0.711. The lowest BCUT2D eigenvalue weighted by molar-refractivity contribution is 0.495. The van der Waals surface area contributed by atoms with Gasteiger partial charge in [0.15, 0.2) is 0 Å². The predicted octanol–water partition coefficient (Wildman–Crippen LogP) is 1.89. The number of rotatable bonds is 7. The zero-order valence-electron chi connectivity index (χ0n) is 9.12. The van der Waals surface area contributed by atoms with Gasteiger partial charge in [-0.15, -0.1) is 0 Å². The molecule has 1 atom stereocenters. The van der Waals surface area contributed by atoms with Gasteiger partial charge in [-0.2, -0.15) is 0 Å². The van der Waals surface area contributed by atoms with Crippen LogP contribution in [0.25, 0.3) is 0 Å². The molecule has 14 heavy (non-hydrogen) atoms. The molecule has 1 rings (SSSR count). The summed E-state index contributed by atoms with van der Waals surface area (Å²) >= 11 is 0. The molecular weight excluding hydrogens is 198 g/mol. The minimum Gasteiger partial charge on any atom is -0.212 e. The molecule has 1 aliphatic carbocycles. The summed E-state index contributed by atoms with van der Waals surface area (Å²) in [7, 11) is -3.01. The number of hydrogen-bond acceptors (Lipinski definition) is 2. The van der Waals surface area contributed by atoms with Gasteiger partial charge in [-0.3, -0.25) is 0 Å². The largest absolute Gasteiger partial charge is 0.212 e. The van der Waals surface area contributed by atoms with Crippen LogP contribution >= 0.6 is 0 Å². The van der Waals surface area contributed by atoms with Gasteiger partial charge in [0.25, 0.3) is 0 Å². The minimum absolute atomic E-state index is 0.166. The Hall–Kier alpha value is -0.0900. The fourth-order valence-corrected chi connectivity index (χ4v) is 3.06. The van der Waals surface area contributed by atoms with Crippen molar-refractivity contribution in [3.8, 4) is 0 Å². The second-order valence-electron chi connectivity index (χ2n) is 4.22. The van der Waals surface area contributed by atoms with Crippen molar-refractivity contribution in [2.24, 2.45) is 5.92 Å². The van der Waals surface area contributed by atoms with Crippen molar-refractivity contribution in [1.29, 1.82) is 0 Å². The average Bonchev–Trinajstić information content (AvgIpc) is 2.86. The fraction of sp³-hybridized carbons (Fsp3) is 1.00. The first kappa shape index (κ1) is 12.0. The molecule has 1 fully saturated rings. The van der Waals surface area contributed by atoms with Gasteiger partial charge in [0, 0.05) is 6.04 Å². The van der Waals surface area contributed by atoms with Gasteiger partial charge >= 0.3 is 0 Å². The summed E-state index contributed by atoms with van der Waals surface area (Å²) in [5, 5.41) is 0. The summed E-state index contributed by atoms with van der Waals surface area (Å²) in [6.07, 6.45) is 5.19. The summed E-state index contributed by atoms with van der Waals surface area (Å²) < 4.78 is 25.8. The first-order chi connectivity index (χ1) is 6.57. The van der Waals surface area contributed by atoms with Crippen LogP contribution in [0.5, 0.6) is 0 Å². The highest BCUT2D eigenvalue weighted by molar-refractivity contribution is 7.89. The molecule has 0 bridgehead atoms. The molecule has 1 aliphatic rings. The maximum absolute atomic E-state index is 11.5. The third-order valence-corrected chi connectivity index (χ3v) is 4.26. The maximum atomic E-state index is 11.5. The molecule has 0 aromatic carbocycles. The van der Waals surface area contributed by atoms with E-state index in [4.69, 9.17) is 0 Å². The van der Waals surface area contributed by atoms with Gasteiger partial charge in [0.2, 0.25) is 10.0 Å². The average molecular weight is 219 g/mol. The highest BCUT2D eigenvalue weighted by atomic mass is 32.2. The lowest BCUT2D eigenvalue weighted by Gasteiger charge is -2.16. The Labute approximate surface area is 87.3 Å². The van der Waals surface area contributed by atoms with Crippen LogP contribution in [0.4, 0.5) is 0 Å². The topological polar surface area (TPSA) is 46.2 Å². The molecular formula is C10H21NO2S. The zero-order chi connectivity index (χ0) is 10.6. The van der Waals surface area contributed by atoms with Gasteiger partial charge in [-0.25, -0.2) is 13.1 Å². The summed E-state index contributed by atoms with van der Waals surface area (Å²) in [6, 6.07) is 0.166. The molecule has 3 nitrogen and oxygen atoms in total. The molecule has 0 amide bonds. The molecule has 1 N–H and O–H groups in total. The van der Waals surface area contributed by atoms with E-state index in [9.17, 15) is 8.42 Å². The van der Waals surface area contributed by atoms with Crippen molar-refractivity contribution in [2.45, 2.75) is 52.0 Å². The van der Waals surface area contributed by atoms with Crippen molar-refractivity contribution in [2.75, 3.05) is 5.75 Å². The monoisotopic (exact) mass is 219 g/mol. The smallest absolute Gasteiger partial charge is 0.211 e. The van der Waals surface area contributed by atoms with Gasteiger partial charge in [0.05, 0.1) is 5.75 Å². The van der Waals surface area contributed by atoms with Crippen LogP contribution in [-0.4, -0.2) is 20.2 Å². The molecule has 0 spiro atoms. The van der Waals surface area contributed by atoms with Gasteiger partial charge in [-0.05, 0) is 25.2 Å². The summed E-state index contributed by atoms with van der Waals surface area (Å²) in [5.74, 6) is 1.04. The van der Waals surface area contributed by atoms with Crippen molar-refractivity contribution >= 4 is 10.0 Å². The van der Waals surface area contributed by atoms with Crippen molar-refractivity contribution in [3.05, 3.63) is 0 Å². The van der Waals surface area contributed by atoms with Crippen LogP contribution in [-0.2, 0) is 10.0 Å². The molecule has 1 unspecified atom stereocenters. The summed E-state index contributed by atoms with van der Waals surface area (Å²) in [5.41, 5.74) is 0. The van der Waals surface area contributed by atoms with Crippen molar-refractivity contribution < 1.29 is 8.42 Å². The van der Waals surface area contributed by atoms with Crippen molar-refractivity contribution in [1.82, 2.24) is 4.72 Å². The van der Waals surface area contributed by atoms with E-state index in [1.165, 1.54) is 12.8 Å². The second kappa shape index (κ2) is 5.12. The van der Waals surface area contributed by atoms with Gasteiger partial charge in [-0.1, -0.05) is 26.7 Å². The maximum Gasteiger partial charge on any atom is 0.211 e. The van der Waals surface area contributed by atoms with Crippen LogP contribution in [0.2, 0.25) is 0 Å². The lowest BCUT2D eigenvalue weighted by atomic mass is 10.1. The van der Waals surface area contributed by atoms with E-state index in [1.54, 1.807) is 0 Å². The van der Waals surface area contributed by atoms with Crippen LogP contribution in [0, 0.1) is 5.92 Å². The van der Waals surface area contributed by atoms with Gasteiger partial charge in [0.1, 0.15) is 0 Å². The van der Waals surface area contributed by atoms with E-state index in [-0.39, 0.29) is 11.8 Å². The Balaban J connectivity index is 2.37. The Kier molecular flexibility index (Phi) is 4.38. The molecule has 1 saturated carbocycles. The molecule has 4 heteroatoms. The van der Waals surface area contributed by atoms with Crippen molar-refractivity contribution in [3.63, 3.8) is 0 Å². The number of sulfonamides is 1. The Morgan fingerprint density at radius 2 is 2.00 bits per heavy atom. The van der Waals surface area contributed by atoms with Crippen LogP contribution in [0.3, 0.4) is 0 Å². The van der Waals surface area contributed by atoms with E-state index in [1.807, 2.05) is 13.8 Å². The first-order valence-corrected chi connectivity index (χ1v) is 7.22. The van der Waals surface area contributed by atoms with Crippen LogP contribution in [0.15, 0.2) is 0 Å². The minimum atomic E-state index is -3.01. The first-order valence-electron chi connectivity index (χ1n) is 5.57. The normalized spacial score (nSPS) is 19.6. The Bertz CT molecular complexity index is 257. The van der Waals surface area contributed by atoms with Gasteiger partial charge < -0.3 is 0 Å². The lowest BCUT2D eigenvalue weighted by Crippen LogP contribution is -2.36. The fourth-order valence-electron chi connectivity index (χ4n) is 1.64. The summed E-state index contributed by atoms with van der Waals surface area (Å²) in [4.78, 5) is 0. The van der Waals surface area contributed by atoms with E-state index in [2.05, 4.69) is 4.72 Å². The van der Waals surface area contributed by atoms with E-state index >= 15 is 0 Å². The molecule has 0 aliphatic heterocycles.